The summed E-state index contributed by atoms with van der Waals surface area (Å²) in [6, 6.07) is 0.772. The molecule has 0 bridgehead atoms. The van der Waals surface area contributed by atoms with Gasteiger partial charge in [-0.05, 0) is 39.3 Å². The first-order valence-electron chi connectivity index (χ1n) is 10.6. The zero-order chi connectivity index (χ0) is 18.9. The third-order valence-corrected chi connectivity index (χ3v) is 6.02. The number of rotatable bonds is 7. The van der Waals surface area contributed by atoms with Gasteiger partial charge >= 0.3 is 0 Å². The molecule has 2 fully saturated rings. The van der Waals surface area contributed by atoms with Gasteiger partial charge < -0.3 is 15.5 Å². The lowest BCUT2D eigenvalue weighted by molar-refractivity contribution is -0.135. The lowest BCUT2D eigenvalue weighted by atomic mass is 9.88. The van der Waals surface area contributed by atoms with E-state index in [0.717, 1.165) is 57.9 Å². The Balaban J connectivity index is 0.00000364. The Morgan fingerprint density at radius 3 is 2.44 bits per heavy atom. The maximum Gasteiger partial charge on any atom is 0.225 e. The van der Waals surface area contributed by atoms with E-state index < -0.39 is 0 Å². The van der Waals surface area contributed by atoms with Crippen molar-refractivity contribution in [1.82, 2.24) is 20.4 Å². The number of hydrogen-bond acceptors (Lipinski definition) is 3. The third-order valence-electron chi connectivity index (χ3n) is 6.02. The van der Waals surface area contributed by atoms with Gasteiger partial charge in [0.15, 0.2) is 5.96 Å². The fourth-order valence-electron chi connectivity index (χ4n) is 4.29. The molecule has 1 heterocycles. The van der Waals surface area contributed by atoms with Crippen molar-refractivity contribution in [3.8, 4) is 0 Å². The standard InChI is InChI=1S/C20H39N5O.HI/c1-5-24(6-2)16(3)14-22-20(21-4)23-18-12-13-25(15-18)19(26)17-10-8-7-9-11-17;/h16-18H,5-15H2,1-4H3,(H2,21,22,23);1H. The first-order chi connectivity index (χ1) is 12.6. The highest BCUT2D eigenvalue weighted by Gasteiger charge is 2.31. The fourth-order valence-corrected chi connectivity index (χ4v) is 4.29. The van der Waals surface area contributed by atoms with Gasteiger partial charge in [-0.1, -0.05) is 33.1 Å². The summed E-state index contributed by atoms with van der Waals surface area (Å²) in [4.78, 5) is 21.6. The minimum Gasteiger partial charge on any atom is -0.355 e. The van der Waals surface area contributed by atoms with Crippen LogP contribution in [-0.4, -0.2) is 73.5 Å². The summed E-state index contributed by atoms with van der Waals surface area (Å²) in [6.45, 7) is 11.3. The van der Waals surface area contributed by atoms with Crippen LogP contribution >= 0.6 is 24.0 Å². The number of guanidine groups is 1. The lowest BCUT2D eigenvalue weighted by Gasteiger charge is -2.28. The van der Waals surface area contributed by atoms with Crippen LogP contribution in [0.15, 0.2) is 4.99 Å². The Morgan fingerprint density at radius 1 is 1.19 bits per heavy atom. The largest absolute Gasteiger partial charge is 0.355 e. The van der Waals surface area contributed by atoms with Crippen molar-refractivity contribution in [2.45, 2.75) is 71.4 Å². The molecule has 2 rings (SSSR count). The van der Waals surface area contributed by atoms with Gasteiger partial charge in [-0.2, -0.15) is 0 Å². The second kappa shape index (κ2) is 12.8. The van der Waals surface area contributed by atoms with E-state index in [1.807, 2.05) is 7.05 Å². The molecule has 1 aliphatic heterocycles. The second-order valence-electron chi connectivity index (χ2n) is 7.77. The average Bonchev–Trinajstić information content (AvgIpc) is 3.14. The van der Waals surface area contributed by atoms with Gasteiger partial charge in [-0.3, -0.25) is 14.7 Å². The highest BCUT2D eigenvalue weighted by atomic mass is 127. The molecular formula is C20H40IN5O. The number of nitrogens with one attached hydrogen (secondary N) is 2. The molecular weight excluding hydrogens is 453 g/mol. The predicted molar refractivity (Wildman–Crippen MR) is 124 cm³/mol. The third kappa shape index (κ3) is 7.40. The normalized spacial score (nSPS) is 22.5. The molecule has 0 spiro atoms. The van der Waals surface area contributed by atoms with Crippen molar-refractivity contribution in [3.05, 3.63) is 0 Å². The maximum absolute atomic E-state index is 12.7. The van der Waals surface area contributed by atoms with E-state index in [-0.39, 0.29) is 29.9 Å². The van der Waals surface area contributed by atoms with Gasteiger partial charge in [-0.15, -0.1) is 24.0 Å². The van der Waals surface area contributed by atoms with E-state index in [1.54, 1.807) is 0 Å². The molecule has 7 heteroatoms. The molecule has 0 radical (unpaired) electrons. The second-order valence-corrected chi connectivity index (χ2v) is 7.77. The number of likely N-dealkylation sites (tertiary alicyclic amines) is 1. The monoisotopic (exact) mass is 493 g/mol. The molecule has 1 amide bonds. The molecule has 0 aromatic rings. The van der Waals surface area contributed by atoms with Crippen molar-refractivity contribution in [2.24, 2.45) is 10.9 Å². The summed E-state index contributed by atoms with van der Waals surface area (Å²) in [5.74, 6) is 1.50. The molecule has 1 aliphatic carbocycles. The zero-order valence-electron chi connectivity index (χ0n) is 17.7. The molecule has 1 saturated carbocycles. The number of nitrogens with zero attached hydrogens (tertiary/aromatic N) is 3. The average molecular weight is 493 g/mol. The molecule has 0 aromatic heterocycles. The van der Waals surface area contributed by atoms with Crippen LogP contribution in [-0.2, 0) is 4.79 Å². The van der Waals surface area contributed by atoms with E-state index >= 15 is 0 Å². The molecule has 2 aliphatic rings. The lowest BCUT2D eigenvalue weighted by Crippen LogP contribution is -2.49. The Bertz CT molecular complexity index is 463. The van der Waals surface area contributed by atoms with Gasteiger partial charge in [0.05, 0.1) is 0 Å². The topological polar surface area (TPSA) is 60.0 Å². The number of amides is 1. The van der Waals surface area contributed by atoms with E-state index in [9.17, 15) is 4.79 Å². The SMILES string of the molecule is CCN(CC)C(C)CNC(=NC)NC1CCN(C(=O)C2CCCCC2)C1.I. The van der Waals surface area contributed by atoms with Crippen LogP contribution in [0.1, 0.15) is 59.3 Å². The van der Waals surface area contributed by atoms with Gasteiger partial charge in [0.1, 0.15) is 0 Å². The fraction of sp³-hybridized carbons (Fsp3) is 0.900. The van der Waals surface area contributed by atoms with Crippen molar-refractivity contribution in [3.63, 3.8) is 0 Å². The number of aliphatic imine (C=N–C) groups is 1. The van der Waals surface area contributed by atoms with Crippen molar-refractivity contribution in [1.29, 1.82) is 0 Å². The number of hydrogen-bond donors (Lipinski definition) is 2. The molecule has 0 aromatic carbocycles. The Morgan fingerprint density at radius 2 is 1.85 bits per heavy atom. The van der Waals surface area contributed by atoms with Crippen LogP contribution in [0.3, 0.4) is 0 Å². The molecule has 1 saturated heterocycles. The van der Waals surface area contributed by atoms with Crippen LogP contribution in [0.4, 0.5) is 0 Å². The van der Waals surface area contributed by atoms with Gasteiger partial charge in [-0.25, -0.2) is 0 Å². The number of carbonyl (C=O) groups is 1. The summed E-state index contributed by atoms with van der Waals surface area (Å²) in [7, 11) is 1.82. The van der Waals surface area contributed by atoms with Crippen LogP contribution < -0.4 is 10.6 Å². The first kappa shape index (κ1) is 24.5. The first-order valence-corrected chi connectivity index (χ1v) is 10.6. The van der Waals surface area contributed by atoms with Crippen molar-refractivity contribution >= 4 is 35.8 Å². The molecule has 2 unspecified atom stereocenters. The van der Waals surface area contributed by atoms with Crippen LogP contribution in [0.2, 0.25) is 0 Å². The summed E-state index contributed by atoms with van der Waals surface area (Å²) < 4.78 is 0. The van der Waals surface area contributed by atoms with Crippen LogP contribution in [0.25, 0.3) is 0 Å². The van der Waals surface area contributed by atoms with Gasteiger partial charge in [0.25, 0.3) is 0 Å². The smallest absolute Gasteiger partial charge is 0.225 e. The molecule has 2 atom stereocenters. The molecule has 158 valence electrons. The number of likely N-dealkylation sites (N-methyl/N-ethyl adjacent to an activating group) is 1. The van der Waals surface area contributed by atoms with Crippen molar-refractivity contribution in [2.75, 3.05) is 39.8 Å². The predicted octanol–water partition coefficient (Wildman–Crippen LogP) is 2.68. The minimum absolute atomic E-state index is 0. The minimum atomic E-state index is 0. The number of carbonyl (C=O) groups excluding carboxylic acids is 1. The summed E-state index contributed by atoms with van der Waals surface area (Å²) in [6.07, 6.45) is 6.90. The van der Waals surface area contributed by atoms with Gasteiger partial charge in [0.2, 0.25) is 5.91 Å². The Kier molecular flexibility index (Phi) is 11.6. The highest BCUT2D eigenvalue weighted by molar-refractivity contribution is 14.0. The highest BCUT2D eigenvalue weighted by Crippen LogP contribution is 2.26. The van der Waals surface area contributed by atoms with E-state index in [2.05, 4.69) is 46.2 Å². The van der Waals surface area contributed by atoms with Crippen LogP contribution in [0.5, 0.6) is 0 Å². The zero-order valence-corrected chi connectivity index (χ0v) is 20.0. The molecule has 27 heavy (non-hydrogen) atoms. The van der Waals surface area contributed by atoms with E-state index in [0.29, 0.717) is 18.0 Å². The van der Waals surface area contributed by atoms with E-state index in [1.165, 1.54) is 19.3 Å². The summed E-state index contributed by atoms with van der Waals surface area (Å²) in [5.41, 5.74) is 0. The number of halogens is 1. The molecule has 2 N–H and O–H groups in total. The quantitative estimate of drug-likeness (QED) is 0.325. The van der Waals surface area contributed by atoms with E-state index in [4.69, 9.17) is 0 Å². The van der Waals surface area contributed by atoms with Gasteiger partial charge in [0, 0.05) is 44.7 Å². The maximum atomic E-state index is 12.7. The Labute approximate surface area is 182 Å². The van der Waals surface area contributed by atoms with Crippen molar-refractivity contribution < 1.29 is 4.79 Å². The summed E-state index contributed by atoms with van der Waals surface area (Å²) >= 11 is 0. The Hall–Kier alpha value is -0.570. The molecule has 6 nitrogen and oxygen atoms in total. The van der Waals surface area contributed by atoms with Crippen LogP contribution in [0, 0.1) is 5.92 Å². The summed E-state index contributed by atoms with van der Waals surface area (Å²) in [5, 5.41) is 6.96.